The molecule has 7 nitrogen and oxygen atoms in total. The van der Waals surface area contributed by atoms with Gasteiger partial charge in [-0.2, -0.15) is 0 Å². The van der Waals surface area contributed by atoms with Crippen molar-refractivity contribution in [1.82, 2.24) is 4.72 Å². The first-order valence-corrected chi connectivity index (χ1v) is 8.86. The average molecular weight is 299 g/mol. The number of carboxylic acids is 1. The first-order chi connectivity index (χ1) is 8.05. The molecule has 0 bridgehead atoms. The standard InChI is InChI=1S/C9H17NO6S2/c1-6(2)8(9(11)12)10-18(15,16)7-3-4-17(13,14)5-7/h6-8,10H,3-5H2,1-2H3,(H,11,12)/t7?,8-/m1/s1. The Labute approximate surface area is 107 Å². The summed E-state index contributed by atoms with van der Waals surface area (Å²) in [6.45, 7) is 3.15. The third-order valence-electron chi connectivity index (χ3n) is 2.85. The molecule has 0 spiro atoms. The minimum Gasteiger partial charge on any atom is -0.480 e. The van der Waals surface area contributed by atoms with Crippen molar-refractivity contribution >= 4 is 25.8 Å². The van der Waals surface area contributed by atoms with Crippen LogP contribution >= 0.6 is 0 Å². The average Bonchev–Trinajstić information content (AvgIpc) is 2.55. The summed E-state index contributed by atoms with van der Waals surface area (Å²) in [5, 5.41) is 7.85. The monoisotopic (exact) mass is 299 g/mol. The van der Waals surface area contributed by atoms with Crippen molar-refractivity contribution in [1.29, 1.82) is 0 Å². The Morgan fingerprint density at radius 1 is 1.39 bits per heavy atom. The molecule has 0 aromatic heterocycles. The van der Waals surface area contributed by atoms with Crippen LogP contribution in [0, 0.1) is 5.92 Å². The molecule has 9 heteroatoms. The molecule has 1 rings (SSSR count). The molecular formula is C9H17NO6S2. The van der Waals surface area contributed by atoms with Gasteiger partial charge in [0, 0.05) is 0 Å². The van der Waals surface area contributed by atoms with Gasteiger partial charge in [-0.05, 0) is 12.3 Å². The van der Waals surface area contributed by atoms with Crippen LogP contribution in [0.4, 0.5) is 0 Å². The summed E-state index contributed by atoms with van der Waals surface area (Å²) in [5.74, 6) is -2.30. The summed E-state index contributed by atoms with van der Waals surface area (Å²) < 4.78 is 48.3. The molecule has 1 saturated heterocycles. The van der Waals surface area contributed by atoms with Crippen LogP contribution in [0.3, 0.4) is 0 Å². The Balaban J connectivity index is 2.86. The largest absolute Gasteiger partial charge is 0.480 e. The molecule has 0 saturated carbocycles. The van der Waals surface area contributed by atoms with Crippen LogP contribution in [0.15, 0.2) is 0 Å². The highest BCUT2D eigenvalue weighted by molar-refractivity contribution is 7.95. The van der Waals surface area contributed by atoms with E-state index in [1.165, 1.54) is 0 Å². The van der Waals surface area contributed by atoms with Gasteiger partial charge in [-0.3, -0.25) is 4.79 Å². The molecule has 0 radical (unpaired) electrons. The fraction of sp³-hybridized carbons (Fsp3) is 0.889. The normalized spacial score (nSPS) is 25.2. The van der Waals surface area contributed by atoms with Crippen molar-refractivity contribution in [2.45, 2.75) is 31.6 Å². The zero-order chi connectivity index (χ0) is 14.1. The molecule has 18 heavy (non-hydrogen) atoms. The van der Waals surface area contributed by atoms with Crippen molar-refractivity contribution in [3.8, 4) is 0 Å². The second kappa shape index (κ2) is 5.14. The minimum absolute atomic E-state index is 0.0160. The quantitative estimate of drug-likeness (QED) is 0.686. The number of sulfonamides is 1. The lowest BCUT2D eigenvalue weighted by molar-refractivity contribution is -0.140. The summed E-state index contributed by atoms with van der Waals surface area (Å²) in [6.07, 6.45) is 0.0160. The Morgan fingerprint density at radius 3 is 2.28 bits per heavy atom. The molecule has 2 N–H and O–H groups in total. The van der Waals surface area contributed by atoms with Gasteiger partial charge in [0.2, 0.25) is 10.0 Å². The van der Waals surface area contributed by atoms with Crippen LogP contribution < -0.4 is 4.72 Å². The number of carboxylic acid groups (broad SMARTS) is 1. The molecule has 2 atom stereocenters. The predicted molar refractivity (Wildman–Crippen MR) is 65.4 cm³/mol. The van der Waals surface area contributed by atoms with Crippen LogP contribution in [0.25, 0.3) is 0 Å². The van der Waals surface area contributed by atoms with Crippen LogP contribution in [0.5, 0.6) is 0 Å². The Kier molecular flexibility index (Phi) is 4.39. The summed E-state index contributed by atoms with van der Waals surface area (Å²) in [6, 6.07) is -1.24. The van der Waals surface area contributed by atoms with Gasteiger partial charge in [-0.25, -0.2) is 21.6 Å². The third kappa shape index (κ3) is 3.66. The van der Waals surface area contributed by atoms with Gasteiger partial charge in [0.25, 0.3) is 0 Å². The van der Waals surface area contributed by atoms with Crippen molar-refractivity contribution < 1.29 is 26.7 Å². The van der Waals surface area contributed by atoms with Crippen molar-refractivity contribution in [3.63, 3.8) is 0 Å². The van der Waals surface area contributed by atoms with E-state index >= 15 is 0 Å². The molecule has 106 valence electrons. The molecule has 1 fully saturated rings. The van der Waals surface area contributed by atoms with E-state index in [0.717, 1.165) is 0 Å². The lowest BCUT2D eigenvalue weighted by Crippen LogP contribution is -2.48. The van der Waals surface area contributed by atoms with Gasteiger partial charge >= 0.3 is 5.97 Å². The number of aliphatic carboxylic acids is 1. The second-order valence-corrected chi connectivity index (χ2v) is 8.97. The number of carbonyl (C=O) groups is 1. The summed E-state index contributed by atoms with van der Waals surface area (Å²) in [4.78, 5) is 10.9. The molecular weight excluding hydrogens is 282 g/mol. The molecule has 1 heterocycles. The van der Waals surface area contributed by atoms with Crippen molar-refractivity contribution in [2.24, 2.45) is 5.92 Å². The zero-order valence-corrected chi connectivity index (χ0v) is 11.8. The van der Waals surface area contributed by atoms with E-state index < -0.39 is 48.8 Å². The minimum atomic E-state index is -3.93. The van der Waals surface area contributed by atoms with E-state index in [4.69, 9.17) is 5.11 Å². The molecule has 0 aromatic rings. The maximum atomic E-state index is 11.9. The van der Waals surface area contributed by atoms with E-state index in [1.807, 2.05) is 0 Å². The smallest absolute Gasteiger partial charge is 0.321 e. The molecule has 0 aromatic carbocycles. The number of sulfone groups is 1. The molecule has 1 aliphatic rings. The SMILES string of the molecule is CC(C)[C@@H](NS(=O)(=O)C1CCS(=O)(=O)C1)C(=O)O. The van der Waals surface area contributed by atoms with Gasteiger partial charge in [-0.1, -0.05) is 13.8 Å². The molecule has 1 aliphatic heterocycles. The summed E-state index contributed by atoms with van der Waals surface area (Å²) in [5.41, 5.74) is 0. The highest BCUT2D eigenvalue weighted by atomic mass is 32.2. The summed E-state index contributed by atoms with van der Waals surface area (Å²) in [7, 11) is -7.25. The zero-order valence-electron chi connectivity index (χ0n) is 10.2. The highest BCUT2D eigenvalue weighted by Crippen LogP contribution is 2.19. The number of hydrogen-bond acceptors (Lipinski definition) is 5. The maximum Gasteiger partial charge on any atom is 0.321 e. The van der Waals surface area contributed by atoms with Gasteiger partial charge in [0.05, 0.1) is 16.8 Å². The fourth-order valence-electron chi connectivity index (χ4n) is 1.75. The van der Waals surface area contributed by atoms with Gasteiger partial charge in [-0.15, -0.1) is 0 Å². The Bertz CT molecular complexity index is 521. The predicted octanol–water partition coefficient (Wildman–Crippen LogP) is -0.798. The Morgan fingerprint density at radius 2 is 1.94 bits per heavy atom. The fourth-order valence-corrected chi connectivity index (χ4v) is 6.13. The van der Waals surface area contributed by atoms with E-state index in [1.54, 1.807) is 13.8 Å². The van der Waals surface area contributed by atoms with E-state index in [2.05, 4.69) is 4.72 Å². The maximum absolute atomic E-state index is 11.9. The van der Waals surface area contributed by atoms with Crippen LogP contribution in [-0.2, 0) is 24.7 Å². The summed E-state index contributed by atoms with van der Waals surface area (Å²) >= 11 is 0. The van der Waals surface area contributed by atoms with Crippen LogP contribution in [0.1, 0.15) is 20.3 Å². The van der Waals surface area contributed by atoms with Crippen LogP contribution in [0.2, 0.25) is 0 Å². The van der Waals surface area contributed by atoms with Crippen molar-refractivity contribution in [2.75, 3.05) is 11.5 Å². The van der Waals surface area contributed by atoms with Gasteiger partial charge in [0.15, 0.2) is 9.84 Å². The number of hydrogen-bond donors (Lipinski definition) is 2. The number of rotatable bonds is 5. The topological polar surface area (TPSA) is 118 Å². The molecule has 1 unspecified atom stereocenters. The highest BCUT2D eigenvalue weighted by Gasteiger charge is 2.39. The van der Waals surface area contributed by atoms with Gasteiger partial charge in [0.1, 0.15) is 6.04 Å². The lowest BCUT2D eigenvalue weighted by atomic mass is 10.1. The lowest BCUT2D eigenvalue weighted by Gasteiger charge is -2.20. The first-order valence-electron chi connectivity index (χ1n) is 5.49. The third-order valence-corrected chi connectivity index (χ3v) is 6.69. The Hall–Kier alpha value is -0.670. The van der Waals surface area contributed by atoms with Crippen molar-refractivity contribution in [3.05, 3.63) is 0 Å². The van der Waals surface area contributed by atoms with E-state index in [9.17, 15) is 21.6 Å². The molecule has 0 aliphatic carbocycles. The van der Waals surface area contributed by atoms with E-state index in [-0.39, 0.29) is 12.2 Å². The first kappa shape index (κ1) is 15.4. The van der Waals surface area contributed by atoms with Gasteiger partial charge < -0.3 is 5.11 Å². The van der Waals surface area contributed by atoms with E-state index in [0.29, 0.717) is 0 Å². The second-order valence-electron chi connectivity index (χ2n) is 4.75. The molecule has 0 amide bonds. The number of nitrogens with one attached hydrogen (secondary N) is 1. The van der Waals surface area contributed by atoms with Crippen LogP contribution in [-0.4, -0.2) is 50.7 Å².